The van der Waals surface area contributed by atoms with Gasteiger partial charge in [0.25, 0.3) is 0 Å². The van der Waals surface area contributed by atoms with E-state index in [1.54, 1.807) is 48.6 Å². The van der Waals surface area contributed by atoms with E-state index in [0.717, 1.165) is 11.1 Å². The molecule has 2 N–H and O–H groups in total. The smallest absolute Gasteiger partial charge is 0.244 e. The fourth-order valence-electron chi connectivity index (χ4n) is 2.29. The van der Waals surface area contributed by atoms with Crippen LogP contribution in [-0.4, -0.2) is 38.1 Å². The van der Waals surface area contributed by atoms with Gasteiger partial charge in [-0.15, -0.1) is 0 Å². The molecule has 2 aromatic rings. The molecule has 0 aliphatic heterocycles. The summed E-state index contributed by atoms with van der Waals surface area (Å²) < 4.78 is 5.38. The Labute approximate surface area is 201 Å². The molecule has 0 saturated carbocycles. The molecule has 0 radical (unpaired) electrons. The van der Waals surface area contributed by atoms with Crippen LogP contribution in [0.2, 0.25) is 20.1 Å². The molecule has 2 rings (SSSR count). The third-order valence-electron chi connectivity index (χ3n) is 3.83. The molecule has 0 spiro atoms. The van der Waals surface area contributed by atoms with Crippen LogP contribution >= 0.6 is 46.4 Å². The zero-order valence-electron chi connectivity index (χ0n) is 16.3. The molecular formula is C22H20Cl4N2O3. The summed E-state index contributed by atoms with van der Waals surface area (Å²) in [6, 6.07) is 10.2. The minimum Gasteiger partial charge on any atom is -0.378 e. The van der Waals surface area contributed by atoms with E-state index in [9.17, 15) is 9.59 Å². The van der Waals surface area contributed by atoms with Crippen LogP contribution < -0.4 is 10.6 Å². The second-order valence-corrected chi connectivity index (χ2v) is 7.84. The van der Waals surface area contributed by atoms with Crippen molar-refractivity contribution in [2.75, 3.05) is 26.3 Å². The van der Waals surface area contributed by atoms with E-state index in [1.165, 1.54) is 12.2 Å². The van der Waals surface area contributed by atoms with E-state index in [1.807, 2.05) is 0 Å². The summed E-state index contributed by atoms with van der Waals surface area (Å²) in [5.74, 6) is -0.508. The zero-order chi connectivity index (χ0) is 22.6. The lowest BCUT2D eigenvalue weighted by Gasteiger charge is -2.05. The topological polar surface area (TPSA) is 67.4 Å². The molecule has 9 heteroatoms. The monoisotopic (exact) mass is 500 g/mol. The first-order valence-electron chi connectivity index (χ1n) is 9.25. The predicted molar refractivity (Wildman–Crippen MR) is 128 cm³/mol. The van der Waals surface area contributed by atoms with Gasteiger partial charge in [0.1, 0.15) is 0 Å². The molecule has 5 nitrogen and oxygen atoms in total. The second kappa shape index (κ2) is 13.4. The highest BCUT2D eigenvalue weighted by atomic mass is 35.5. The quantitative estimate of drug-likeness (QED) is 0.344. The highest BCUT2D eigenvalue weighted by Crippen LogP contribution is 2.23. The molecule has 0 bridgehead atoms. The van der Waals surface area contributed by atoms with Gasteiger partial charge in [-0.2, -0.15) is 0 Å². The van der Waals surface area contributed by atoms with Crippen LogP contribution in [-0.2, 0) is 14.3 Å². The third kappa shape index (κ3) is 9.76. The van der Waals surface area contributed by atoms with Crippen molar-refractivity contribution in [3.8, 4) is 0 Å². The van der Waals surface area contributed by atoms with Gasteiger partial charge in [0, 0.05) is 25.2 Å². The number of hydrogen-bond acceptors (Lipinski definition) is 3. The van der Waals surface area contributed by atoms with Crippen molar-refractivity contribution in [1.82, 2.24) is 10.6 Å². The van der Waals surface area contributed by atoms with E-state index in [-0.39, 0.29) is 11.8 Å². The molecule has 0 aromatic heterocycles. The van der Waals surface area contributed by atoms with E-state index in [0.29, 0.717) is 46.4 Å². The van der Waals surface area contributed by atoms with Crippen molar-refractivity contribution >= 4 is 70.4 Å². The van der Waals surface area contributed by atoms with E-state index < -0.39 is 0 Å². The molecule has 0 saturated heterocycles. The lowest BCUT2D eigenvalue weighted by molar-refractivity contribution is -0.117. The number of benzene rings is 2. The highest BCUT2D eigenvalue weighted by molar-refractivity contribution is 6.42. The summed E-state index contributed by atoms with van der Waals surface area (Å²) in [4.78, 5) is 23.6. The molecular weight excluding hydrogens is 482 g/mol. The Balaban J connectivity index is 1.56. The number of hydrogen-bond donors (Lipinski definition) is 2. The molecule has 0 heterocycles. The van der Waals surface area contributed by atoms with E-state index in [2.05, 4.69) is 10.6 Å². The van der Waals surface area contributed by atoms with Crippen molar-refractivity contribution in [3.05, 3.63) is 79.8 Å². The van der Waals surface area contributed by atoms with Gasteiger partial charge in [-0.1, -0.05) is 58.5 Å². The molecule has 2 amide bonds. The average Bonchev–Trinajstić information content (AvgIpc) is 2.74. The molecule has 0 atom stereocenters. The summed E-state index contributed by atoms with van der Waals surface area (Å²) >= 11 is 23.6. The highest BCUT2D eigenvalue weighted by Gasteiger charge is 2.00. The van der Waals surface area contributed by atoms with Gasteiger partial charge < -0.3 is 15.4 Å². The first-order chi connectivity index (χ1) is 14.8. The fraction of sp³-hybridized carbons (Fsp3) is 0.182. The fourth-order valence-corrected chi connectivity index (χ4v) is 2.90. The number of halogens is 4. The summed E-state index contributed by atoms with van der Waals surface area (Å²) in [6.45, 7) is 1.33. The van der Waals surface area contributed by atoms with Crippen LogP contribution in [0, 0.1) is 0 Å². The maximum absolute atomic E-state index is 11.8. The van der Waals surface area contributed by atoms with Crippen LogP contribution in [0.25, 0.3) is 12.2 Å². The summed E-state index contributed by atoms with van der Waals surface area (Å²) in [7, 11) is 0. The number of carbonyl (C=O) groups is 2. The summed E-state index contributed by atoms with van der Waals surface area (Å²) in [5, 5.41) is 7.16. The maximum Gasteiger partial charge on any atom is 0.244 e. The van der Waals surface area contributed by atoms with Gasteiger partial charge in [0.2, 0.25) is 11.8 Å². The summed E-state index contributed by atoms with van der Waals surface area (Å²) in [6.07, 6.45) is 6.08. The molecule has 2 aromatic carbocycles. The minimum atomic E-state index is -0.254. The van der Waals surface area contributed by atoms with Crippen LogP contribution in [0.1, 0.15) is 11.1 Å². The number of rotatable bonds is 10. The lowest BCUT2D eigenvalue weighted by Crippen LogP contribution is -2.28. The maximum atomic E-state index is 11.8. The Bertz CT molecular complexity index is 900. The molecule has 0 aliphatic carbocycles. The van der Waals surface area contributed by atoms with Gasteiger partial charge in [-0.25, -0.2) is 0 Å². The third-order valence-corrected chi connectivity index (χ3v) is 5.31. The van der Waals surface area contributed by atoms with E-state index >= 15 is 0 Å². The van der Waals surface area contributed by atoms with Crippen molar-refractivity contribution in [2.45, 2.75) is 0 Å². The molecule has 0 aliphatic rings. The lowest BCUT2D eigenvalue weighted by atomic mass is 10.2. The molecule has 164 valence electrons. The van der Waals surface area contributed by atoms with Gasteiger partial charge in [0.15, 0.2) is 0 Å². The van der Waals surface area contributed by atoms with Crippen LogP contribution in [0.4, 0.5) is 0 Å². The Morgan fingerprint density at radius 1 is 0.710 bits per heavy atom. The summed E-state index contributed by atoms with van der Waals surface area (Å²) in [5.41, 5.74) is 1.54. The Morgan fingerprint density at radius 3 is 1.52 bits per heavy atom. The van der Waals surface area contributed by atoms with Crippen LogP contribution in [0.15, 0.2) is 48.6 Å². The number of ether oxygens (including phenoxy) is 1. The minimum absolute atomic E-state index is 0.254. The predicted octanol–water partition coefficient (Wildman–Crippen LogP) is 5.28. The van der Waals surface area contributed by atoms with Gasteiger partial charge in [-0.3, -0.25) is 9.59 Å². The molecule has 0 unspecified atom stereocenters. The molecule has 0 fully saturated rings. The molecule has 31 heavy (non-hydrogen) atoms. The number of amides is 2. The number of carbonyl (C=O) groups excluding carboxylic acids is 2. The normalized spacial score (nSPS) is 11.2. The van der Waals surface area contributed by atoms with Crippen molar-refractivity contribution in [1.29, 1.82) is 0 Å². The van der Waals surface area contributed by atoms with Crippen LogP contribution in [0.3, 0.4) is 0 Å². The second-order valence-electron chi connectivity index (χ2n) is 6.21. The first-order valence-corrected chi connectivity index (χ1v) is 10.8. The van der Waals surface area contributed by atoms with Crippen molar-refractivity contribution < 1.29 is 14.3 Å². The number of nitrogens with one attached hydrogen (secondary N) is 2. The van der Waals surface area contributed by atoms with E-state index in [4.69, 9.17) is 51.1 Å². The van der Waals surface area contributed by atoms with Crippen LogP contribution in [0.5, 0.6) is 0 Å². The zero-order valence-corrected chi connectivity index (χ0v) is 19.4. The van der Waals surface area contributed by atoms with Gasteiger partial charge >= 0.3 is 0 Å². The Hall–Kier alpha value is -2.02. The Morgan fingerprint density at radius 2 is 1.13 bits per heavy atom. The first kappa shape index (κ1) is 25.2. The van der Waals surface area contributed by atoms with Gasteiger partial charge in [0.05, 0.1) is 33.3 Å². The SMILES string of the molecule is O=C(/C=C/c1ccc(Cl)c(Cl)c1)NCCOCCNC(=O)/C=C/c1ccc(Cl)c(Cl)c1. The Kier molecular flexibility index (Phi) is 10.9. The standard InChI is InChI=1S/C22H20Cl4N2O3/c23-17-5-1-15(13-19(17)25)3-7-21(29)27-9-11-31-12-10-28-22(30)8-4-16-2-6-18(24)20(26)14-16/h1-8,13-14H,9-12H2,(H,27,29)(H,28,30)/b7-3+,8-4+. The van der Waals surface area contributed by atoms with Crippen molar-refractivity contribution in [2.24, 2.45) is 0 Å². The average molecular weight is 502 g/mol. The largest absolute Gasteiger partial charge is 0.378 e. The van der Waals surface area contributed by atoms with Gasteiger partial charge in [-0.05, 0) is 47.5 Å². The van der Waals surface area contributed by atoms with Crippen molar-refractivity contribution in [3.63, 3.8) is 0 Å².